The number of likely N-dealkylation sites (N-methyl/N-ethyl adjacent to an activating group) is 1. The van der Waals surface area contributed by atoms with Crippen LogP contribution in [0.3, 0.4) is 0 Å². The summed E-state index contributed by atoms with van der Waals surface area (Å²) >= 11 is 9.55. The van der Waals surface area contributed by atoms with E-state index in [0.29, 0.717) is 15.7 Å². The SMILES string of the molecule is CN(C)C(=O)COc1cc(NC(=O)N2C=CC(=O)C[C@H]2c2ccc(F)cc2)c(Br)cc1Cl. The molecule has 1 aliphatic heterocycles. The van der Waals surface area contributed by atoms with Crippen molar-refractivity contribution in [2.75, 3.05) is 26.0 Å². The average Bonchev–Trinajstić information content (AvgIpc) is 2.74. The number of nitrogens with one attached hydrogen (secondary N) is 1. The third-order valence-electron chi connectivity index (χ3n) is 4.75. The Morgan fingerprint density at radius 3 is 2.62 bits per heavy atom. The van der Waals surface area contributed by atoms with Crippen LogP contribution >= 0.6 is 27.5 Å². The summed E-state index contributed by atoms with van der Waals surface area (Å²) < 4.78 is 19.3. The molecule has 0 bridgehead atoms. The molecule has 32 heavy (non-hydrogen) atoms. The Bertz CT molecular complexity index is 1080. The molecule has 1 aliphatic rings. The molecular weight excluding hydrogens is 505 g/mol. The van der Waals surface area contributed by atoms with Crippen LogP contribution in [-0.4, -0.2) is 48.2 Å². The largest absolute Gasteiger partial charge is 0.482 e. The fourth-order valence-electron chi connectivity index (χ4n) is 2.98. The van der Waals surface area contributed by atoms with Crippen molar-refractivity contribution in [3.8, 4) is 5.75 Å². The van der Waals surface area contributed by atoms with Crippen molar-refractivity contribution in [3.05, 3.63) is 69.6 Å². The molecule has 10 heteroatoms. The minimum absolute atomic E-state index is 0.0678. The van der Waals surface area contributed by atoms with Gasteiger partial charge in [0.25, 0.3) is 5.91 Å². The monoisotopic (exact) mass is 523 g/mol. The van der Waals surface area contributed by atoms with Crippen molar-refractivity contribution in [1.82, 2.24) is 9.80 Å². The first-order valence-electron chi connectivity index (χ1n) is 9.53. The maximum atomic E-state index is 13.3. The zero-order valence-corrected chi connectivity index (χ0v) is 19.6. The number of anilines is 1. The zero-order valence-electron chi connectivity index (χ0n) is 17.3. The van der Waals surface area contributed by atoms with Gasteiger partial charge in [-0.25, -0.2) is 9.18 Å². The van der Waals surface area contributed by atoms with Gasteiger partial charge in [-0.05, 0) is 45.8 Å². The van der Waals surface area contributed by atoms with E-state index in [1.807, 2.05) is 0 Å². The van der Waals surface area contributed by atoms with Crippen molar-refractivity contribution in [2.24, 2.45) is 0 Å². The summed E-state index contributed by atoms with van der Waals surface area (Å²) in [5.74, 6) is -0.579. The standard InChI is InChI=1S/C22H20BrClFN3O4/c1-27(2)21(30)12-32-20-11-18(16(23)10-17(20)24)26-22(31)28-8-7-15(29)9-19(28)13-3-5-14(25)6-4-13/h3-8,10-11,19H,9,12H2,1-2H3,(H,26,31)/t19-/m0/s1. The van der Waals surface area contributed by atoms with Crippen LogP contribution < -0.4 is 10.1 Å². The number of hydrogen-bond donors (Lipinski definition) is 1. The minimum Gasteiger partial charge on any atom is -0.482 e. The van der Waals surface area contributed by atoms with Crippen LogP contribution in [0.15, 0.2) is 53.1 Å². The number of nitrogens with zero attached hydrogens (tertiary/aromatic N) is 2. The van der Waals surface area contributed by atoms with E-state index in [1.165, 1.54) is 40.3 Å². The number of amides is 3. The van der Waals surface area contributed by atoms with Crippen molar-refractivity contribution in [1.29, 1.82) is 0 Å². The van der Waals surface area contributed by atoms with Crippen molar-refractivity contribution in [3.63, 3.8) is 0 Å². The van der Waals surface area contributed by atoms with E-state index in [2.05, 4.69) is 21.2 Å². The first kappa shape index (κ1) is 23.7. The average molecular weight is 525 g/mol. The summed E-state index contributed by atoms with van der Waals surface area (Å²) in [5, 5.41) is 3.01. The summed E-state index contributed by atoms with van der Waals surface area (Å²) in [6.45, 7) is -0.217. The number of hydrogen-bond acceptors (Lipinski definition) is 4. The number of allylic oxidation sites excluding steroid dienone is 1. The molecular formula is C22H20BrClFN3O4. The second-order valence-electron chi connectivity index (χ2n) is 7.23. The van der Waals surface area contributed by atoms with Crippen LogP contribution in [0.5, 0.6) is 5.75 Å². The number of urea groups is 1. The van der Waals surface area contributed by atoms with Gasteiger partial charge in [0.05, 0.1) is 16.8 Å². The molecule has 7 nitrogen and oxygen atoms in total. The van der Waals surface area contributed by atoms with E-state index in [1.54, 1.807) is 32.3 Å². The highest BCUT2D eigenvalue weighted by atomic mass is 79.9. The molecule has 3 amide bonds. The van der Waals surface area contributed by atoms with Gasteiger partial charge in [-0.1, -0.05) is 23.7 Å². The van der Waals surface area contributed by atoms with Gasteiger partial charge in [0.2, 0.25) is 0 Å². The predicted octanol–water partition coefficient (Wildman–Crippen LogP) is 4.77. The Morgan fingerprint density at radius 1 is 1.28 bits per heavy atom. The summed E-state index contributed by atoms with van der Waals surface area (Å²) in [6, 6.07) is 7.58. The normalized spacial score (nSPS) is 15.5. The van der Waals surface area contributed by atoms with Crippen LogP contribution in [0.4, 0.5) is 14.9 Å². The third kappa shape index (κ3) is 5.66. The van der Waals surface area contributed by atoms with Gasteiger partial charge in [0.1, 0.15) is 11.6 Å². The second-order valence-corrected chi connectivity index (χ2v) is 8.49. The van der Waals surface area contributed by atoms with E-state index < -0.39 is 17.9 Å². The molecule has 0 spiro atoms. The quantitative estimate of drug-likeness (QED) is 0.611. The predicted molar refractivity (Wildman–Crippen MR) is 122 cm³/mol. The van der Waals surface area contributed by atoms with E-state index in [-0.39, 0.29) is 35.5 Å². The molecule has 1 N–H and O–H groups in total. The molecule has 0 fully saturated rings. The Morgan fingerprint density at radius 2 is 1.97 bits per heavy atom. The summed E-state index contributed by atoms with van der Waals surface area (Å²) in [6.07, 6.45) is 2.78. The highest BCUT2D eigenvalue weighted by molar-refractivity contribution is 9.10. The smallest absolute Gasteiger partial charge is 0.326 e. The van der Waals surface area contributed by atoms with Crippen molar-refractivity contribution < 1.29 is 23.5 Å². The Balaban J connectivity index is 1.82. The fourth-order valence-corrected chi connectivity index (χ4v) is 3.77. The molecule has 2 aromatic rings. The van der Waals surface area contributed by atoms with Gasteiger partial charge in [0, 0.05) is 37.3 Å². The lowest BCUT2D eigenvalue weighted by Crippen LogP contribution is -2.37. The number of carbonyl (C=O) groups excluding carboxylic acids is 3. The third-order valence-corrected chi connectivity index (χ3v) is 5.71. The lowest BCUT2D eigenvalue weighted by atomic mass is 9.97. The van der Waals surface area contributed by atoms with Gasteiger partial charge < -0.3 is 15.0 Å². The molecule has 0 saturated heterocycles. The van der Waals surface area contributed by atoms with Crippen LogP contribution in [0, 0.1) is 5.82 Å². The van der Waals surface area contributed by atoms with Crippen LogP contribution in [-0.2, 0) is 9.59 Å². The van der Waals surface area contributed by atoms with Crippen LogP contribution in [0.2, 0.25) is 5.02 Å². The number of rotatable bonds is 5. The maximum Gasteiger partial charge on any atom is 0.326 e. The maximum absolute atomic E-state index is 13.3. The number of ether oxygens (including phenoxy) is 1. The fraction of sp³-hybridized carbons (Fsp3) is 0.227. The molecule has 0 radical (unpaired) electrons. The molecule has 168 valence electrons. The second kappa shape index (κ2) is 10.1. The molecule has 0 aromatic heterocycles. The van der Waals surface area contributed by atoms with Crippen LogP contribution in [0.1, 0.15) is 18.0 Å². The highest BCUT2D eigenvalue weighted by Crippen LogP contribution is 2.36. The van der Waals surface area contributed by atoms with E-state index in [4.69, 9.17) is 16.3 Å². The Labute approximate surface area is 197 Å². The summed E-state index contributed by atoms with van der Waals surface area (Å²) in [4.78, 5) is 39.6. The van der Waals surface area contributed by atoms with Crippen LogP contribution in [0.25, 0.3) is 0 Å². The molecule has 0 unspecified atom stereocenters. The van der Waals surface area contributed by atoms with E-state index >= 15 is 0 Å². The molecule has 3 rings (SSSR count). The zero-order chi connectivity index (χ0) is 23.4. The van der Waals surface area contributed by atoms with Gasteiger partial charge in [0.15, 0.2) is 12.4 Å². The molecule has 1 heterocycles. The number of halogens is 3. The minimum atomic E-state index is -0.590. The van der Waals surface area contributed by atoms with E-state index in [9.17, 15) is 18.8 Å². The summed E-state index contributed by atoms with van der Waals surface area (Å²) in [5.41, 5.74) is 0.982. The Kier molecular flexibility index (Phi) is 7.52. The first-order chi connectivity index (χ1) is 15.2. The number of ketones is 1. The number of benzene rings is 2. The van der Waals surface area contributed by atoms with Crippen molar-refractivity contribution >= 4 is 50.9 Å². The van der Waals surface area contributed by atoms with Gasteiger partial charge in [-0.15, -0.1) is 0 Å². The van der Waals surface area contributed by atoms with Gasteiger partial charge >= 0.3 is 6.03 Å². The molecule has 1 atom stereocenters. The van der Waals surface area contributed by atoms with E-state index in [0.717, 1.165) is 0 Å². The highest BCUT2D eigenvalue weighted by Gasteiger charge is 2.29. The lowest BCUT2D eigenvalue weighted by molar-refractivity contribution is -0.130. The Hall–Kier alpha value is -2.91. The summed E-state index contributed by atoms with van der Waals surface area (Å²) in [7, 11) is 3.21. The molecule has 0 saturated carbocycles. The van der Waals surface area contributed by atoms with Gasteiger partial charge in [-0.2, -0.15) is 0 Å². The lowest BCUT2D eigenvalue weighted by Gasteiger charge is -2.31. The number of carbonyl (C=O) groups is 3. The topological polar surface area (TPSA) is 79.0 Å². The first-order valence-corrected chi connectivity index (χ1v) is 10.7. The molecule has 2 aromatic carbocycles. The van der Waals surface area contributed by atoms with Gasteiger partial charge in [-0.3, -0.25) is 14.5 Å². The molecule has 0 aliphatic carbocycles. The van der Waals surface area contributed by atoms with Crippen molar-refractivity contribution in [2.45, 2.75) is 12.5 Å².